The first-order valence-corrected chi connectivity index (χ1v) is 6.63. The fourth-order valence-corrected chi connectivity index (χ4v) is 2.45. The van der Waals surface area contributed by atoms with Gasteiger partial charge in [-0.25, -0.2) is 4.68 Å². The van der Waals surface area contributed by atoms with Crippen LogP contribution in [-0.4, -0.2) is 27.4 Å². The molecule has 0 radical (unpaired) electrons. The largest absolute Gasteiger partial charge is 0.465 e. The average Bonchev–Trinajstić information content (AvgIpc) is 2.82. The van der Waals surface area contributed by atoms with Crippen molar-refractivity contribution in [3.05, 3.63) is 42.2 Å². The molecule has 0 aliphatic rings. The smallest absolute Gasteiger partial charge is 0.324 e. The van der Waals surface area contributed by atoms with Crippen LogP contribution in [-0.2, 0) is 9.53 Å². The number of nitrogens with two attached hydrogens (primary N) is 1. The third-order valence-electron chi connectivity index (χ3n) is 2.37. The maximum absolute atomic E-state index is 12.0. The SMILES string of the molecule is CCOC(=O)C(Sc1nncn1N)c1ccccc1. The first-order chi connectivity index (χ1) is 9.22. The molecule has 1 unspecified atom stereocenters. The number of carbonyl (C=O) groups excluding carboxylic acids is 1. The molecule has 100 valence electrons. The number of nitrogen functional groups attached to an aromatic ring is 1. The molecule has 2 rings (SSSR count). The fourth-order valence-electron chi connectivity index (χ4n) is 1.52. The van der Waals surface area contributed by atoms with E-state index < -0.39 is 5.25 Å². The summed E-state index contributed by atoms with van der Waals surface area (Å²) >= 11 is 1.21. The van der Waals surface area contributed by atoms with E-state index in [0.717, 1.165) is 5.56 Å². The molecule has 0 bridgehead atoms. The number of hydrogen-bond acceptors (Lipinski definition) is 6. The minimum Gasteiger partial charge on any atom is -0.465 e. The molecular formula is C12H14N4O2S. The third kappa shape index (κ3) is 3.25. The number of thioether (sulfide) groups is 1. The number of benzene rings is 1. The highest BCUT2D eigenvalue weighted by molar-refractivity contribution is 8.00. The molecule has 1 atom stereocenters. The van der Waals surface area contributed by atoms with Crippen molar-refractivity contribution >= 4 is 17.7 Å². The van der Waals surface area contributed by atoms with Crippen molar-refractivity contribution in [3.8, 4) is 0 Å². The van der Waals surface area contributed by atoms with Gasteiger partial charge in [-0.15, -0.1) is 10.2 Å². The Labute approximate surface area is 114 Å². The van der Waals surface area contributed by atoms with Gasteiger partial charge < -0.3 is 10.6 Å². The van der Waals surface area contributed by atoms with Gasteiger partial charge in [0.15, 0.2) is 0 Å². The zero-order valence-corrected chi connectivity index (χ0v) is 11.2. The number of ether oxygens (including phenoxy) is 1. The molecule has 7 heteroatoms. The van der Waals surface area contributed by atoms with E-state index in [1.165, 1.54) is 22.8 Å². The lowest BCUT2D eigenvalue weighted by molar-refractivity contribution is -0.142. The zero-order valence-electron chi connectivity index (χ0n) is 10.4. The van der Waals surface area contributed by atoms with E-state index in [1.54, 1.807) is 6.92 Å². The Kier molecular flexibility index (Phi) is 4.40. The number of rotatable bonds is 5. The number of esters is 1. The lowest BCUT2D eigenvalue weighted by Gasteiger charge is -2.14. The molecule has 1 aromatic heterocycles. The molecular weight excluding hydrogens is 264 g/mol. The topological polar surface area (TPSA) is 83.0 Å². The van der Waals surface area contributed by atoms with Crippen molar-refractivity contribution < 1.29 is 9.53 Å². The molecule has 0 saturated carbocycles. The highest BCUT2D eigenvalue weighted by atomic mass is 32.2. The van der Waals surface area contributed by atoms with E-state index >= 15 is 0 Å². The second-order valence-electron chi connectivity index (χ2n) is 3.68. The van der Waals surface area contributed by atoms with Crippen molar-refractivity contribution in [2.75, 3.05) is 12.4 Å². The summed E-state index contributed by atoms with van der Waals surface area (Å²) < 4.78 is 6.37. The maximum atomic E-state index is 12.0. The summed E-state index contributed by atoms with van der Waals surface area (Å²) in [6, 6.07) is 9.37. The van der Waals surface area contributed by atoms with Crippen molar-refractivity contribution in [2.45, 2.75) is 17.3 Å². The Morgan fingerprint density at radius 2 is 2.21 bits per heavy atom. The van der Waals surface area contributed by atoms with Crippen LogP contribution in [0.25, 0.3) is 0 Å². The Morgan fingerprint density at radius 1 is 1.47 bits per heavy atom. The standard InChI is InChI=1S/C12H14N4O2S/c1-2-18-11(17)10(9-6-4-3-5-7-9)19-12-15-14-8-16(12)13/h3-8,10H,2,13H2,1H3. The Bertz CT molecular complexity index is 544. The van der Waals surface area contributed by atoms with E-state index in [-0.39, 0.29) is 5.97 Å². The first-order valence-electron chi connectivity index (χ1n) is 5.75. The number of hydrogen-bond donors (Lipinski definition) is 1. The molecule has 1 heterocycles. The molecule has 0 aliphatic carbocycles. The molecule has 0 fully saturated rings. The lowest BCUT2D eigenvalue weighted by Crippen LogP contribution is -2.15. The minimum atomic E-state index is -0.507. The van der Waals surface area contributed by atoms with Gasteiger partial charge in [-0.3, -0.25) is 4.79 Å². The summed E-state index contributed by atoms with van der Waals surface area (Å²) in [4.78, 5) is 12.0. The Balaban J connectivity index is 2.25. The highest BCUT2D eigenvalue weighted by Gasteiger charge is 2.25. The van der Waals surface area contributed by atoms with Crippen LogP contribution in [0, 0.1) is 0 Å². The highest BCUT2D eigenvalue weighted by Crippen LogP contribution is 2.34. The van der Waals surface area contributed by atoms with Gasteiger partial charge in [-0.05, 0) is 12.5 Å². The predicted octanol–water partition coefficient (Wildman–Crippen LogP) is 1.39. The van der Waals surface area contributed by atoms with E-state index in [2.05, 4.69) is 10.2 Å². The number of aromatic nitrogens is 3. The first kappa shape index (κ1) is 13.4. The van der Waals surface area contributed by atoms with Crippen LogP contribution in [0.3, 0.4) is 0 Å². The molecule has 0 amide bonds. The van der Waals surface area contributed by atoms with Crippen LogP contribution in [0.4, 0.5) is 0 Å². The van der Waals surface area contributed by atoms with Crippen molar-refractivity contribution in [1.29, 1.82) is 0 Å². The van der Waals surface area contributed by atoms with E-state index in [4.69, 9.17) is 10.6 Å². The van der Waals surface area contributed by atoms with E-state index in [1.807, 2.05) is 30.3 Å². The molecule has 2 N–H and O–H groups in total. The normalized spacial score (nSPS) is 12.1. The number of nitrogens with zero attached hydrogens (tertiary/aromatic N) is 3. The van der Waals surface area contributed by atoms with Crippen LogP contribution in [0.5, 0.6) is 0 Å². The van der Waals surface area contributed by atoms with Gasteiger partial charge >= 0.3 is 5.97 Å². The van der Waals surface area contributed by atoms with Crippen LogP contribution in [0.2, 0.25) is 0 Å². The van der Waals surface area contributed by atoms with Gasteiger partial charge in [0, 0.05) is 0 Å². The summed E-state index contributed by atoms with van der Waals surface area (Å²) in [6.07, 6.45) is 1.38. The number of carbonyl (C=O) groups is 1. The molecule has 6 nitrogen and oxygen atoms in total. The maximum Gasteiger partial charge on any atom is 0.324 e. The molecule has 19 heavy (non-hydrogen) atoms. The van der Waals surface area contributed by atoms with Gasteiger partial charge in [0.1, 0.15) is 11.6 Å². The Hall–Kier alpha value is -2.02. The third-order valence-corrected chi connectivity index (χ3v) is 3.57. The van der Waals surface area contributed by atoms with Crippen molar-refractivity contribution in [2.24, 2.45) is 0 Å². The van der Waals surface area contributed by atoms with E-state index in [0.29, 0.717) is 11.8 Å². The molecule has 0 saturated heterocycles. The summed E-state index contributed by atoms with van der Waals surface area (Å²) in [7, 11) is 0. The van der Waals surface area contributed by atoms with Crippen LogP contribution in [0.1, 0.15) is 17.7 Å². The van der Waals surface area contributed by atoms with Gasteiger partial charge in [-0.1, -0.05) is 42.1 Å². The van der Waals surface area contributed by atoms with Gasteiger partial charge in [-0.2, -0.15) is 0 Å². The monoisotopic (exact) mass is 278 g/mol. The molecule has 1 aromatic carbocycles. The van der Waals surface area contributed by atoms with Crippen molar-refractivity contribution in [3.63, 3.8) is 0 Å². The second kappa shape index (κ2) is 6.24. The van der Waals surface area contributed by atoms with Crippen molar-refractivity contribution in [1.82, 2.24) is 14.9 Å². The van der Waals surface area contributed by atoms with Gasteiger partial charge in [0.05, 0.1) is 6.61 Å². The van der Waals surface area contributed by atoms with Gasteiger partial charge in [0.2, 0.25) is 5.16 Å². The minimum absolute atomic E-state index is 0.318. The fraction of sp³-hybridized carbons (Fsp3) is 0.250. The van der Waals surface area contributed by atoms with Gasteiger partial charge in [0.25, 0.3) is 0 Å². The van der Waals surface area contributed by atoms with Crippen LogP contribution >= 0.6 is 11.8 Å². The van der Waals surface area contributed by atoms with Crippen LogP contribution < -0.4 is 5.84 Å². The van der Waals surface area contributed by atoms with Crippen LogP contribution in [0.15, 0.2) is 41.8 Å². The molecule has 0 aliphatic heterocycles. The quantitative estimate of drug-likeness (QED) is 0.505. The zero-order chi connectivity index (χ0) is 13.7. The Morgan fingerprint density at radius 3 is 2.79 bits per heavy atom. The summed E-state index contributed by atoms with van der Waals surface area (Å²) in [5.41, 5.74) is 0.842. The predicted molar refractivity (Wildman–Crippen MR) is 71.8 cm³/mol. The lowest BCUT2D eigenvalue weighted by atomic mass is 10.1. The molecule has 2 aromatic rings. The second-order valence-corrected chi connectivity index (χ2v) is 4.75. The average molecular weight is 278 g/mol. The summed E-state index contributed by atoms with van der Waals surface area (Å²) in [5, 5.41) is 7.51. The summed E-state index contributed by atoms with van der Waals surface area (Å²) in [6.45, 7) is 2.11. The molecule has 0 spiro atoms. The van der Waals surface area contributed by atoms with E-state index in [9.17, 15) is 4.79 Å². The summed E-state index contributed by atoms with van der Waals surface area (Å²) in [5.74, 6) is 5.34.